The third-order valence-corrected chi connectivity index (χ3v) is 2.99. The summed E-state index contributed by atoms with van der Waals surface area (Å²) in [5, 5.41) is 3.22. The van der Waals surface area contributed by atoms with Gasteiger partial charge < -0.3 is 10.1 Å². The van der Waals surface area contributed by atoms with Gasteiger partial charge in [0.25, 0.3) is 0 Å². The molecule has 0 atom stereocenters. The normalized spacial score (nSPS) is 10.6. The highest BCUT2D eigenvalue weighted by Crippen LogP contribution is 2.08. The number of unbranched alkanes of at least 4 members (excludes halogenated alkanes) is 5. The molecule has 0 amide bonds. The van der Waals surface area contributed by atoms with E-state index in [0.29, 0.717) is 5.88 Å². The molecule has 4 nitrogen and oxygen atoms in total. The first-order chi connectivity index (χ1) is 9.36. The molecule has 1 N–H and O–H groups in total. The molecule has 108 valence electrons. The van der Waals surface area contributed by atoms with E-state index in [1.807, 2.05) is 0 Å². The topological polar surface area (TPSA) is 47.0 Å². The van der Waals surface area contributed by atoms with Gasteiger partial charge in [0.15, 0.2) is 0 Å². The van der Waals surface area contributed by atoms with E-state index in [1.165, 1.54) is 32.1 Å². The predicted octanol–water partition coefficient (Wildman–Crippen LogP) is 3.33. The maximum Gasteiger partial charge on any atom is 0.232 e. The summed E-state index contributed by atoms with van der Waals surface area (Å²) < 4.78 is 5.58. The van der Waals surface area contributed by atoms with Gasteiger partial charge in [0.05, 0.1) is 24.7 Å². The summed E-state index contributed by atoms with van der Waals surface area (Å²) in [5.74, 6) is 0.633. The Labute approximate surface area is 117 Å². The zero-order valence-electron chi connectivity index (χ0n) is 12.3. The quantitative estimate of drug-likeness (QED) is 0.623. The van der Waals surface area contributed by atoms with E-state index >= 15 is 0 Å². The van der Waals surface area contributed by atoms with E-state index in [0.717, 1.165) is 31.8 Å². The lowest BCUT2D eigenvalue weighted by Crippen LogP contribution is -2.13. The smallest absolute Gasteiger partial charge is 0.232 e. The third kappa shape index (κ3) is 7.78. The molecule has 0 saturated heterocycles. The highest BCUT2D eigenvalue weighted by Gasteiger charge is 1.98. The van der Waals surface area contributed by atoms with Crippen molar-refractivity contribution in [3.8, 4) is 5.88 Å². The fraction of sp³-hybridized carbons (Fsp3) is 0.733. The van der Waals surface area contributed by atoms with Crippen molar-refractivity contribution in [1.29, 1.82) is 0 Å². The molecule has 0 aliphatic carbocycles. The van der Waals surface area contributed by atoms with Gasteiger partial charge in [0.1, 0.15) is 0 Å². The Morgan fingerprint density at radius 2 is 1.79 bits per heavy atom. The van der Waals surface area contributed by atoms with E-state index in [4.69, 9.17) is 4.74 Å². The number of hydrogen-bond donors (Lipinski definition) is 1. The molecule has 0 radical (unpaired) electrons. The first-order valence-corrected chi connectivity index (χ1v) is 7.51. The summed E-state index contributed by atoms with van der Waals surface area (Å²) in [5.41, 5.74) is 0.953. The van der Waals surface area contributed by atoms with Gasteiger partial charge in [-0.05, 0) is 13.0 Å². The average molecular weight is 265 g/mol. The van der Waals surface area contributed by atoms with Gasteiger partial charge in [-0.25, -0.2) is 4.98 Å². The Hall–Kier alpha value is -1.16. The monoisotopic (exact) mass is 265 g/mol. The minimum absolute atomic E-state index is 0.633. The summed E-state index contributed by atoms with van der Waals surface area (Å²) in [6.45, 7) is 6.76. The van der Waals surface area contributed by atoms with Gasteiger partial charge in [-0.3, -0.25) is 4.98 Å². The molecule has 1 aromatic rings. The van der Waals surface area contributed by atoms with Crippen LogP contribution < -0.4 is 10.1 Å². The molecule has 4 heteroatoms. The van der Waals surface area contributed by atoms with Crippen molar-refractivity contribution in [3.05, 3.63) is 18.1 Å². The van der Waals surface area contributed by atoms with E-state index in [-0.39, 0.29) is 0 Å². The van der Waals surface area contributed by atoms with Crippen LogP contribution in [0.1, 0.15) is 58.1 Å². The fourth-order valence-electron chi connectivity index (χ4n) is 1.82. The molecular formula is C15H27N3O. The zero-order chi connectivity index (χ0) is 13.8. The van der Waals surface area contributed by atoms with Gasteiger partial charge >= 0.3 is 0 Å². The summed E-state index contributed by atoms with van der Waals surface area (Å²) >= 11 is 0. The summed E-state index contributed by atoms with van der Waals surface area (Å²) in [7, 11) is 0. The van der Waals surface area contributed by atoms with E-state index in [2.05, 4.69) is 29.1 Å². The van der Waals surface area contributed by atoms with Crippen molar-refractivity contribution < 1.29 is 4.74 Å². The number of nitrogens with one attached hydrogen (secondary N) is 1. The summed E-state index contributed by atoms with van der Waals surface area (Å²) in [4.78, 5) is 8.56. The first-order valence-electron chi connectivity index (χ1n) is 7.51. The molecule has 0 spiro atoms. The fourth-order valence-corrected chi connectivity index (χ4v) is 1.82. The van der Waals surface area contributed by atoms with Gasteiger partial charge in [-0.2, -0.15) is 0 Å². The van der Waals surface area contributed by atoms with Crippen LogP contribution in [0.3, 0.4) is 0 Å². The van der Waals surface area contributed by atoms with Crippen molar-refractivity contribution >= 4 is 0 Å². The first kappa shape index (κ1) is 15.9. The number of nitrogens with zero attached hydrogens (tertiary/aromatic N) is 2. The maximum absolute atomic E-state index is 5.58. The lowest BCUT2D eigenvalue weighted by Gasteiger charge is -2.06. The lowest BCUT2D eigenvalue weighted by molar-refractivity contribution is 0.291. The van der Waals surface area contributed by atoms with E-state index < -0.39 is 0 Å². The number of ether oxygens (including phenoxy) is 1. The zero-order valence-corrected chi connectivity index (χ0v) is 12.3. The Morgan fingerprint density at radius 3 is 2.47 bits per heavy atom. The number of rotatable bonds is 11. The second kappa shape index (κ2) is 10.7. The van der Waals surface area contributed by atoms with Crippen molar-refractivity contribution in [2.45, 2.75) is 58.9 Å². The van der Waals surface area contributed by atoms with Gasteiger partial charge in [0.2, 0.25) is 5.88 Å². The molecule has 0 aromatic carbocycles. The molecule has 0 aliphatic heterocycles. The molecule has 0 fully saturated rings. The van der Waals surface area contributed by atoms with Gasteiger partial charge in [-0.15, -0.1) is 0 Å². The predicted molar refractivity (Wildman–Crippen MR) is 78.3 cm³/mol. The average Bonchev–Trinajstić information content (AvgIpc) is 2.45. The van der Waals surface area contributed by atoms with Crippen LogP contribution in [0.4, 0.5) is 0 Å². The Bertz CT molecular complexity index is 314. The minimum atomic E-state index is 0.633. The molecule has 0 aliphatic rings. The van der Waals surface area contributed by atoms with Crippen LogP contribution in [0.15, 0.2) is 12.4 Å². The van der Waals surface area contributed by atoms with E-state index in [9.17, 15) is 0 Å². The molecule has 1 heterocycles. The maximum atomic E-state index is 5.58. The molecule has 0 saturated carbocycles. The van der Waals surface area contributed by atoms with Gasteiger partial charge in [-0.1, -0.05) is 46.0 Å². The molecule has 1 aromatic heterocycles. The summed E-state index contributed by atoms with van der Waals surface area (Å²) in [6.07, 6.45) is 11.1. The Balaban J connectivity index is 2.09. The number of aromatic nitrogens is 2. The Kier molecular flexibility index (Phi) is 8.98. The van der Waals surface area contributed by atoms with Crippen LogP contribution in [0.5, 0.6) is 5.88 Å². The van der Waals surface area contributed by atoms with Crippen LogP contribution in [-0.4, -0.2) is 23.1 Å². The second-order valence-corrected chi connectivity index (χ2v) is 4.74. The van der Waals surface area contributed by atoms with Crippen molar-refractivity contribution in [2.24, 2.45) is 0 Å². The molecule has 1 rings (SSSR count). The molecular weight excluding hydrogens is 238 g/mol. The van der Waals surface area contributed by atoms with Crippen LogP contribution in [0, 0.1) is 0 Å². The van der Waals surface area contributed by atoms with Crippen LogP contribution in [0.2, 0.25) is 0 Å². The Morgan fingerprint density at radius 1 is 1.00 bits per heavy atom. The third-order valence-electron chi connectivity index (χ3n) is 2.99. The van der Waals surface area contributed by atoms with Crippen LogP contribution in [0.25, 0.3) is 0 Å². The highest BCUT2D eigenvalue weighted by molar-refractivity contribution is 5.06. The van der Waals surface area contributed by atoms with E-state index in [1.54, 1.807) is 12.4 Å². The minimum Gasteiger partial charge on any atom is -0.477 e. The SMILES string of the molecule is CCCCCCCCOc1cnc(CNCC)cn1. The van der Waals surface area contributed by atoms with Crippen molar-refractivity contribution in [2.75, 3.05) is 13.2 Å². The number of hydrogen-bond acceptors (Lipinski definition) is 4. The largest absolute Gasteiger partial charge is 0.477 e. The van der Waals surface area contributed by atoms with Crippen LogP contribution in [-0.2, 0) is 6.54 Å². The highest BCUT2D eigenvalue weighted by atomic mass is 16.5. The summed E-state index contributed by atoms with van der Waals surface area (Å²) in [6, 6.07) is 0. The van der Waals surface area contributed by atoms with Crippen LogP contribution >= 0.6 is 0 Å². The van der Waals surface area contributed by atoms with Crippen molar-refractivity contribution in [3.63, 3.8) is 0 Å². The standard InChI is InChI=1S/C15H27N3O/c1-3-5-6-7-8-9-10-19-15-13-17-14(12-18-15)11-16-4-2/h12-13,16H,3-11H2,1-2H3. The molecule has 0 unspecified atom stereocenters. The molecule has 19 heavy (non-hydrogen) atoms. The molecule has 0 bridgehead atoms. The lowest BCUT2D eigenvalue weighted by atomic mass is 10.1. The second-order valence-electron chi connectivity index (χ2n) is 4.74. The van der Waals surface area contributed by atoms with Crippen molar-refractivity contribution in [1.82, 2.24) is 15.3 Å². The van der Waals surface area contributed by atoms with Gasteiger partial charge in [0, 0.05) is 6.54 Å².